The number of carbonyl (C=O) groups excluding carboxylic acids is 1. The Balaban J connectivity index is 2.30. The van der Waals surface area contributed by atoms with Gasteiger partial charge in [0.05, 0.1) is 23.9 Å². The highest BCUT2D eigenvalue weighted by atomic mass is 35.5. The highest BCUT2D eigenvalue weighted by Gasteiger charge is 2.31. The van der Waals surface area contributed by atoms with E-state index in [4.69, 9.17) is 11.6 Å². The number of hydrogen-bond donors (Lipinski definition) is 1. The van der Waals surface area contributed by atoms with E-state index in [-0.39, 0.29) is 35.2 Å². The first kappa shape index (κ1) is 14.2. The van der Waals surface area contributed by atoms with E-state index in [2.05, 4.69) is 9.97 Å². The quantitative estimate of drug-likeness (QED) is 0.919. The average Bonchev–Trinajstić information content (AvgIpc) is 2.86. The fourth-order valence-electron chi connectivity index (χ4n) is 2.24. The third-order valence-electron chi connectivity index (χ3n) is 3.33. The summed E-state index contributed by atoms with van der Waals surface area (Å²) in [4.78, 5) is 22.5. The highest BCUT2D eigenvalue weighted by molar-refractivity contribution is 6.33. The van der Waals surface area contributed by atoms with Crippen molar-refractivity contribution in [3.8, 4) is 0 Å². The van der Waals surface area contributed by atoms with Gasteiger partial charge in [0.15, 0.2) is 5.69 Å². The van der Waals surface area contributed by atoms with Crippen molar-refractivity contribution in [3.05, 3.63) is 22.7 Å². The zero-order valence-corrected chi connectivity index (χ0v) is 11.9. The molecular weight excluding hydrogens is 266 g/mol. The summed E-state index contributed by atoms with van der Waals surface area (Å²) in [6, 6.07) is -0.124. The van der Waals surface area contributed by atoms with Crippen molar-refractivity contribution in [2.24, 2.45) is 0 Å². The summed E-state index contributed by atoms with van der Waals surface area (Å²) in [5.41, 5.74) is 0.237. The molecular formula is C13H18ClN3O2. The first-order valence-corrected chi connectivity index (χ1v) is 6.86. The number of amides is 1. The molecule has 1 unspecified atom stereocenters. The lowest BCUT2D eigenvalue weighted by Crippen LogP contribution is -2.38. The van der Waals surface area contributed by atoms with Crippen molar-refractivity contribution in [2.75, 3.05) is 13.2 Å². The second kappa shape index (κ2) is 5.84. The second-order valence-electron chi connectivity index (χ2n) is 5.06. The summed E-state index contributed by atoms with van der Waals surface area (Å²) in [5, 5.41) is 9.55. The van der Waals surface area contributed by atoms with Crippen molar-refractivity contribution in [3.63, 3.8) is 0 Å². The number of likely N-dealkylation sites (tertiary alicyclic amines) is 1. The summed E-state index contributed by atoms with van der Waals surface area (Å²) in [6.45, 7) is 4.54. The summed E-state index contributed by atoms with van der Waals surface area (Å²) in [5.74, 6) is 0.523. The minimum atomic E-state index is -0.217. The Morgan fingerprint density at radius 1 is 1.63 bits per heavy atom. The summed E-state index contributed by atoms with van der Waals surface area (Å²) in [6.07, 6.45) is 3.19. The molecule has 19 heavy (non-hydrogen) atoms. The minimum absolute atomic E-state index is 0.0223. The van der Waals surface area contributed by atoms with Gasteiger partial charge in [-0.2, -0.15) is 0 Å². The number of aliphatic hydroxyl groups excluding tert-OH is 1. The highest BCUT2D eigenvalue weighted by Crippen LogP contribution is 2.23. The number of aromatic nitrogens is 2. The van der Waals surface area contributed by atoms with Crippen molar-refractivity contribution < 1.29 is 9.90 Å². The maximum Gasteiger partial charge on any atom is 0.274 e. The summed E-state index contributed by atoms with van der Waals surface area (Å²) >= 11 is 6.03. The predicted octanol–water partition coefficient (Wildman–Crippen LogP) is 1.85. The van der Waals surface area contributed by atoms with Crippen LogP contribution in [-0.2, 0) is 0 Å². The van der Waals surface area contributed by atoms with E-state index < -0.39 is 0 Å². The topological polar surface area (TPSA) is 66.3 Å². The van der Waals surface area contributed by atoms with Crippen LogP contribution in [0.5, 0.6) is 0 Å². The van der Waals surface area contributed by atoms with Gasteiger partial charge in [0.2, 0.25) is 0 Å². The molecule has 0 radical (unpaired) electrons. The fraction of sp³-hybridized carbons (Fsp3) is 0.615. The maximum atomic E-state index is 12.5. The smallest absolute Gasteiger partial charge is 0.274 e. The fourth-order valence-corrected chi connectivity index (χ4v) is 2.41. The Morgan fingerprint density at radius 2 is 2.37 bits per heavy atom. The molecule has 5 nitrogen and oxygen atoms in total. The summed E-state index contributed by atoms with van der Waals surface area (Å²) in [7, 11) is 0. The van der Waals surface area contributed by atoms with Crippen LogP contribution in [0, 0.1) is 0 Å². The van der Waals surface area contributed by atoms with Gasteiger partial charge < -0.3 is 10.0 Å². The average molecular weight is 284 g/mol. The molecule has 0 aromatic carbocycles. The Hall–Kier alpha value is -1.20. The number of carbonyl (C=O) groups is 1. The molecule has 1 aromatic heterocycles. The van der Waals surface area contributed by atoms with Gasteiger partial charge in [-0.25, -0.2) is 9.97 Å². The van der Waals surface area contributed by atoms with Crippen molar-refractivity contribution >= 4 is 17.5 Å². The van der Waals surface area contributed by atoms with E-state index >= 15 is 0 Å². The zero-order chi connectivity index (χ0) is 14.0. The molecule has 1 aliphatic rings. The molecule has 1 aliphatic heterocycles. The molecule has 1 N–H and O–H groups in total. The van der Waals surface area contributed by atoms with E-state index in [9.17, 15) is 9.90 Å². The molecule has 1 saturated heterocycles. The normalized spacial score (nSPS) is 19.2. The molecule has 1 amide bonds. The van der Waals surface area contributed by atoms with Crippen LogP contribution in [0.15, 0.2) is 6.20 Å². The molecule has 1 atom stereocenters. The van der Waals surface area contributed by atoms with Gasteiger partial charge in [-0.05, 0) is 12.8 Å². The van der Waals surface area contributed by atoms with Gasteiger partial charge in [-0.15, -0.1) is 0 Å². The molecule has 2 rings (SSSR count). The number of nitrogens with zero attached hydrogens (tertiary/aromatic N) is 3. The zero-order valence-electron chi connectivity index (χ0n) is 11.1. The van der Waals surface area contributed by atoms with E-state index in [1.165, 1.54) is 6.20 Å². The lowest BCUT2D eigenvalue weighted by atomic mass is 10.2. The SMILES string of the molecule is CC(C)c1ncc(Cl)c(C(=O)N2CCCC2CO)n1. The first-order chi connectivity index (χ1) is 9.04. The summed E-state index contributed by atoms with van der Waals surface area (Å²) < 4.78 is 0. The van der Waals surface area contributed by atoms with Gasteiger partial charge >= 0.3 is 0 Å². The van der Waals surface area contributed by atoms with E-state index in [1.807, 2.05) is 13.8 Å². The van der Waals surface area contributed by atoms with Crippen molar-refractivity contribution in [2.45, 2.75) is 38.6 Å². The van der Waals surface area contributed by atoms with Crippen LogP contribution in [-0.4, -0.2) is 45.1 Å². The molecule has 104 valence electrons. The predicted molar refractivity (Wildman–Crippen MR) is 72.3 cm³/mol. The number of aliphatic hydroxyl groups is 1. The van der Waals surface area contributed by atoms with Crippen LogP contribution >= 0.6 is 11.6 Å². The largest absolute Gasteiger partial charge is 0.394 e. The molecule has 6 heteroatoms. The lowest BCUT2D eigenvalue weighted by molar-refractivity contribution is 0.0671. The van der Waals surface area contributed by atoms with Crippen LogP contribution in [0.25, 0.3) is 0 Å². The van der Waals surface area contributed by atoms with Gasteiger partial charge in [0, 0.05) is 12.5 Å². The number of halogens is 1. The Kier molecular flexibility index (Phi) is 4.37. The molecule has 0 aliphatic carbocycles. The minimum Gasteiger partial charge on any atom is -0.394 e. The van der Waals surface area contributed by atoms with Crippen LogP contribution < -0.4 is 0 Å². The second-order valence-corrected chi connectivity index (χ2v) is 5.46. The Morgan fingerprint density at radius 3 is 3.00 bits per heavy atom. The van der Waals surface area contributed by atoms with Crippen LogP contribution in [0.1, 0.15) is 48.9 Å². The molecule has 0 bridgehead atoms. The van der Waals surface area contributed by atoms with Crippen molar-refractivity contribution in [1.82, 2.24) is 14.9 Å². The van der Waals surface area contributed by atoms with E-state index in [0.717, 1.165) is 12.8 Å². The molecule has 1 aromatic rings. The number of rotatable bonds is 3. The Labute approximate surface area is 117 Å². The lowest BCUT2D eigenvalue weighted by Gasteiger charge is -2.23. The third-order valence-corrected chi connectivity index (χ3v) is 3.61. The van der Waals surface area contributed by atoms with Crippen LogP contribution in [0.3, 0.4) is 0 Å². The van der Waals surface area contributed by atoms with E-state index in [0.29, 0.717) is 12.4 Å². The van der Waals surface area contributed by atoms with Crippen LogP contribution in [0.4, 0.5) is 0 Å². The van der Waals surface area contributed by atoms with Crippen LogP contribution in [0.2, 0.25) is 5.02 Å². The van der Waals surface area contributed by atoms with Crippen molar-refractivity contribution in [1.29, 1.82) is 0 Å². The van der Waals surface area contributed by atoms with Gasteiger partial charge in [-0.1, -0.05) is 25.4 Å². The molecule has 2 heterocycles. The van der Waals surface area contributed by atoms with Gasteiger partial charge in [-0.3, -0.25) is 4.79 Å². The third kappa shape index (κ3) is 2.87. The standard InChI is InChI=1S/C13H18ClN3O2/c1-8(2)12-15-6-10(14)11(16-12)13(19)17-5-3-4-9(17)7-18/h6,8-9,18H,3-5,7H2,1-2H3. The molecule has 1 fully saturated rings. The molecule has 0 spiro atoms. The molecule has 0 saturated carbocycles. The first-order valence-electron chi connectivity index (χ1n) is 6.48. The number of hydrogen-bond acceptors (Lipinski definition) is 4. The maximum absolute atomic E-state index is 12.5. The van der Waals surface area contributed by atoms with Gasteiger partial charge in [0.1, 0.15) is 5.82 Å². The van der Waals surface area contributed by atoms with E-state index in [1.54, 1.807) is 4.90 Å². The van der Waals surface area contributed by atoms with Gasteiger partial charge in [0.25, 0.3) is 5.91 Å². The Bertz CT molecular complexity index is 479. The monoisotopic (exact) mass is 283 g/mol.